The highest BCUT2D eigenvalue weighted by Gasteiger charge is 2.20. The number of allylic oxidation sites excluding steroid dienone is 8. The van der Waals surface area contributed by atoms with Gasteiger partial charge in [0.25, 0.3) is 0 Å². The van der Waals surface area contributed by atoms with Crippen molar-refractivity contribution < 1.29 is 0 Å². The van der Waals surface area contributed by atoms with Gasteiger partial charge in [-0.05, 0) is 48.8 Å². The van der Waals surface area contributed by atoms with Gasteiger partial charge in [-0.25, -0.2) is 0 Å². The van der Waals surface area contributed by atoms with Gasteiger partial charge in [0.1, 0.15) is 0 Å². The molecule has 0 amide bonds. The second-order valence-corrected chi connectivity index (χ2v) is 4.47. The van der Waals surface area contributed by atoms with Gasteiger partial charge in [0.15, 0.2) is 0 Å². The third kappa shape index (κ3) is 1.30. The van der Waals surface area contributed by atoms with Crippen LogP contribution in [-0.4, -0.2) is 0 Å². The highest BCUT2D eigenvalue weighted by Crippen LogP contribution is 2.37. The molecule has 3 aliphatic rings. The lowest BCUT2D eigenvalue weighted by Gasteiger charge is -2.27. The molecule has 0 saturated carbocycles. The standard InChI is InChI=1S/C14H16/c1-2-6-12-10-14-8-4-3-7-13(14)9-11(12)5-1/h1,5,7,9-10,12H,2-4,6,8H2. The molecule has 0 aromatic heterocycles. The molecule has 0 nitrogen and oxygen atoms in total. The number of hydrogen-bond acceptors (Lipinski definition) is 0. The Balaban J connectivity index is 2.02. The summed E-state index contributed by atoms with van der Waals surface area (Å²) in [6, 6.07) is 0. The highest BCUT2D eigenvalue weighted by atomic mass is 14.3. The Kier molecular flexibility index (Phi) is 1.93. The van der Waals surface area contributed by atoms with E-state index in [1.54, 1.807) is 5.57 Å². The van der Waals surface area contributed by atoms with Gasteiger partial charge in [0.05, 0.1) is 0 Å². The van der Waals surface area contributed by atoms with Gasteiger partial charge in [-0.1, -0.05) is 30.4 Å². The van der Waals surface area contributed by atoms with Gasteiger partial charge in [-0.2, -0.15) is 0 Å². The van der Waals surface area contributed by atoms with Crippen LogP contribution in [0.1, 0.15) is 32.1 Å². The van der Waals surface area contributed by atoms with E-state index in [-0.39, 0.29) is 0 Å². The maximum atomic E-state index is 2.52. The molecule has 0 heterocycles. The van der Waals surface area contributed by atoms with Crippen LogP contribution in [0.3, 0.4) is 0 Å². The smallest absolute Gasteiger partial charge is 0.00270 e. The minimum Gasteiger partial charge on any atom is -0.0842 e. The fourth-order valence-electron chi connectivity index (χ4n) is 2.70. The molecule has 72 valence electrons. The van der Waals surface area contributed by atoms with E-state index in [9.17, 15) is 0 Å². The summed E-state index contributed by atoms with van der Waals surface area (Å²) >= 11 is 0. The van der Waals surface area contributed by atoms with Crippen molar-refractivity contribution in [3.63, 3.8) is 0 Å². The first-order valence-corrected chi connectivity index (χ1v) is 5.73. The summed E-state index contributed by atoms with van der Waals surface area (Å²) in [4.78, 5) is 0. The Morgan fingerprint density at radius 2 is 2.21 bits per heavy atom. The summed E-state index contributed by atoms with van der Waals surface area (Å²) in [5.74, 6) is 0.727. The van der Waals surface area contributed by atoms with E-state index in [2.05, 4.69) is 30.4 Å². The quantitative estimate of drug-likeness (QED) is 0.535. The Morgan fingerprint density at radius 3 is 3.21 bits per heavy atom. The van der Waals surface area contributed by atoms with Crippen LogP contribution in [-0.2, 0) is 0 Å². The summed E-state index contributed by atoms with van der Waals surface area (Å²) < 4.78 is 0. The molecule has 3 rings (SSSR count). The lowest BCUT2D eigenvalue weighted by molar-refractivity contribution is 0.656. The van der Waals surface area contributed by atoms with Gasteiger partial charge < -0.3 is 0 Å². The van der Waals surface area contributed by atoms with Crippen LogP contribution in [0.5, 0.6) is 0 Å². The molecule has 0 aromatic carbocycles. The van der Waals surface area contributed by atoms with E-state index in [1.165, 1.54) is 43.3 Å². The van der Waals surface area contributed by atoms with Gasteiger partial charge in [-0.15, -0.1) is 0 Å². The van der Waals surface area contributed by atoms with Crippen LogP contribution in [0.15, 0.2) is 47.1 Å². The van der Waals surface area contributed by atoms with Gasteiger partial charge >= 0.3 is 0 Å². The zero-order valence-electron chi connectivity index (χ0n) is 8.50. The molecular weight excluding hydrogens is 168 g/mol. The highest BCUT2D eigenvalue weighted by molar-refractivity contribution is 5.51. The summed E-state index contributed by atoms with van der Waals surface area (Å²) in [5, 5.41) is 0. The molecule has 0 bridgehead atoms. The largest absolute Gasteiger partial charge is 0.0842 e. The summed E-state index contributed by atoms with van der Waals surface area (Å²) in [7, 11) is 0. The van der Waals surface area contributed by atoms with E-state index in [0.717, 1.165) is 5.92 Å². The zero-order chi connectivity index (χ0) is 9.38. The first-order valence-electron chi connectivity index (χ1n) is 5.73. The van der Waals surface area contributed by atoms with Gasteiger partial charge in [-0.3, -0.25) is 0 Å². The molecule has 1 unspecified atom stereocenters. The third-order valence-electron chi connectivity index (χ3n) is 3.49. The molecular formula is C14H16. The molecule has 0 spiro atoms. The van der Waals surface area contributed by atoms with Crippen molar-refractivity contribution in [2.45, 2.75) is 32.1 Å². The predicted octanol–water partition coefficient (Wildman–Crippen LogP) is 3.93. The number of fused-ring (bicyclic) bond motifs is 2. The van der Waals surface area contributed by atoms with Crippen molar-refractivity contribution >= 4 is 0 Å². The molecule has 3 aliphatic carbocycles. The average Bonchev–Trinajstić information content (AvgIpc) is 2.26. The summed E-state index contributed by atoms with van der Waals surface area (Å²) in [6.45, 7) is 0. The first-order chi connectivity index (χ1) is 6.93. The molecule has 0 aromatic rings. The maximum Gasteiger partial charge on any atom is 0.00270 e. The van der Waals surface area contributed by atoms with E-state index >= 15 is 0 Å². The van der Waals surface area contributed by atoms with Crippen molar-refractivity contribution in [2.75, 3.05) is 0 Å². The van der Waals surface area contributed by atoms with Gasteiger partial charge in [0, 0.05) is 5.92 Å². The van der Waals surface area contributed by atoms with Crippen LogP contribution >= 0.6 is 0 Å². The minimum absolute atomic E-state index is 0.727. The Morgan fingerprint density at radius 1 is 1.21 bits per heavy atom. The molecule has 0 saturated heterocycles. The average molecular weight is 184 g/mol. The molecule has 14 heavy (non-hydrogen) atoms. The fourth-order valence-corrected chi connectivity index (χ4v) is 2.70. The van der Waals surface area contributed by atoms with E-state index < -0.39 is 0 Å². The second-order valence-electron chi connectivity index (χ2n) is 4.47. The monoisotopic (exact) mass is 184 g/mol. The molecule has 0 heteroatoms. The van der Waals surface area contributed by atoms with Crippen molar-refractivity contribution in [3.05, 3.63) is 47.1 Å². The molecule has 0 aliphatic heterocycles. The summed E-state index contributed by atoms with van der Waals surface area (Å²) in [6.07, 6.45) is 18.5. The fraction of sp³-hybridized carbons (Fsp3) is 0.429. The lowest BCUT2D eigenvalue weighted by Crippen LogP contribution is -2.11. The van der Waals surface area contributed by atoms with Crippen molar-refractivity contribution in [3.8, 4) is 0 Å². The topological polar surface area (TPSA) is 0 Å². The van der Waals surface area contributed by atoms with Gasteiger partial charge in [0.2, 0.25) is 0 Å². The number of hydrogen-bond donors (Lipinski definition) is 0. The SMILES string of the molecule is C1=CC2=CC3=CCCCC3=CC2CC1. The van der Waals surface area contributed by atoms with Crippen molar-refractivity contribution in [2.24, 2.45) is 5.92 Å². The molecule has 0 N–H and O–H groups in total. The Labute approximate surface area is 85.7 Å². The second kappa shape index (κ2) is 3.27. The number of rotatable bonds is 0. The zero-order valence-corrected chi connectivity index (χ0v) is 8.50. The van der Waals surface area contributed by atoms with E-state index in [0.29, 0.717) is 0 Å². The third-order valence-corrected chi connectivity index (χ3v) is 3.49. The summed E-state index contributed by atoms with van der Waals surface area (Å²) in [5.41, 5.74) is 4.66. The molecule has 1 atom stereocenters. The first kappa shape index (κ1) is 8.28. The molecule has 0 radical (unpaired) electrons. The Bertz CT molecular complexity index is 363. The Hall–Kier alpha value is -1.04. The predicted molar refractivity (Wildman–Crippen MR) is 60.0 cm³/mol. The minimum atomic E-state index is 0.727. The van der Waals surface area contributed by atoms with Crippen LogP contribution in [0.25, 0.3) is 0 Å². The van der Waals surface area contributed by atoms with Crippen molar-refractivity contribution in [1.29, 1.82) is 0 Å². The van der Waals surface area contributed by atoms with E-state index in [1.807, 2.05) is 0 Å². The lowest BCUT2D eigenvalue weighted by atomic mass is 9.78. The van der Waals surface area contributed by atoms with Crippen LogP contribution in [0.2, 0.25) is 0 Å². The van der Waals surface area contributed by atoms with Crippen LogP contribution in [0.4, 0.5) is 0 Å². The van der Waals surface area contributed by atoms with Crippen LogP contribution in [0, 0.1) is 5.92 Å². The normalized spacial score (nSPS) is 29.7. The van der Waals surface area contributed by atoms with E-state index in [4.69, 9.17) is 0 Å². The maximum absolute atomic E-state index is 2.52. The van der Waals surface area contributed by atoms with Crippen LogP contribution < -0.4 is 0 Å². The molecule has 0 fully saturated rings. The van der Waals surface area contributed by atoms with Crippen molar-refractivity contribution in [1.82, 2.24) is 0 Å².